The molecule has 2 aliphatic rings. The SMILES string of the molecule is CC1(c2cccc(NC(=O)C3CCNCC3)c2)NC(=O)NC1=O.Cl. The van der Waals surface area contributed by atoms with Gasteiger partial charge in [0.05, 0.1) is 0 Å². The molecule has 1 atom stereocenters. The van der Waals surface area contributed by atoms with Gasteiger partial charge in [0, 0.05) is 11.6 Å². The first kappa shape index (κ1) is 18.2. The van der Waals surface area contributed by atoms with Crippen molar-refractivity contribution in [3.63, 3.8) is 0 Å². The van der Waals surface area contributed by atoms with E-state index in [0.29, 0.717) is 11.3 Å². The van der Waals surface area contributed by atoms with E-state index in [1.54, 1.807) is 31.2 Å². The normalized spacial score (nSPS) is 23.9. The standard InChI is InChI=1S/C16H20N4O3.ClH/c1-16(14(22)19-15(23)20-16)11-3-2-4-12(9-11)18-13(21)10-5-7-17-8-6-10;/h2-4,9-10,17H,5-8H2,1H3,(H,18,21)(H2,19,20,22,23);1H. The highest BCUT2D eigenvalue weighted by Crippen LogP contribution is 2.27. The van der Waals surface area contributed by atoms with Gasteiger partial charge in [-0.1, -0.05) is 12.1 Å². The van der Waals surface area contributed by atoms with E-state index >= 15 is 0 Å². The fourth-order valence-electron chi connectivity index (χ4n) is 2.98. The molecule has 0 saturated carbocycles. The number of carbonyl (C=O) groups is 3. The molecule has 3 rings (SSSR count). The lowest BCUT2D eigenvalue weighted by atomic mass is 9.91. The molecule has 2 heterocycles. The molecule has 130 valence electrons. The van der Waals surface area contributed by atoms with Gasteiger partial charge in [0.25, 0.3) is 5.91 Å². The first-order valence-corrected chi connectivity index (χ1v) is 7.75. The second-order valence-corrected chi connectivity index (χ2v) is 6.13. The predicted molar refractivity (Wildman–Crippen MR) is 91.9 cm³/mol. The summed E-state index contributed by atoms with van der Waals surface area (Å²) in [7, 11) is 0. The lowest BCUT2D eigenvalue weighted by Gasteiger charge is -2.23. The number of urea groups is 1. The molecule has 2 aliphatic heterocycles. The maximum atomic E-state index is 12.3. The summed E-state index contributed by atoms with van der Waals surface area (Å²) >= 11 is 0. The van der Waals surface area contributed by atoms with Crippen LogP contribution in [0.4, 0.5) is 10.5 Å². The highest BCUT2D eigenvalue weighted by molar-refractivity contribution is 6.07. The van der Waals surface area contributed by atoms with Gasteiger partial charge in [-0.2, -0.15) is 0 Å². The molecular weight excluding hydrogens is 332 g/mol. The molecule has 24 heavy (non-hydrogen) atoms. The molecule has 0 spiro atoms. The van der Waals surface area contributed by atoms with Crippen LogP contribution in [0.15, 0.2) is 24.3 Å². The van der Waals surface area contributed by atoms with Crippen LogP contribution in [0.1, 0.15) is 25.3 Å². The number of carbonyl (C=O) groups excluding carboxylic acids is 3. The predicted octanol–water partition coefficient (Wildman–Crippen LogP) is 1.10. The molecule has 8 heteroatoms. The second-order valence-electron chi connectivity index (χ2n) is 6.13. The highest BCUT2D eigenvalue weighted by atomic mass is 35.5. The van der Waals surface area contributed by atoms with Crippen molar-refractivity contribution in [1.29, 1.82) is 0 Å². The van der Waals surface area contributed by atoms with Crippen molar-refractivity contribution in [2.45, 2.75) is 25.3 Å². The van der Waals surface area contributed by atoms with Crippen molar-refractivity contribution in [3.05, 3.63) is 29.8 Å². The topological polar surface area (TPSA) is 99.3 Å². The van der Waals surface area contributed by atoms with Gasteiger partial charge in [0.15, 0.2) is 0 Å². The summed E-state index contributed by atoms with van der Waals surface area (Å²) in [4.78, 5) is 35.7. The van der Waals surface area contributed by atoms with E-state index in [-0.39, 0.29) is 24.2 Å². The van der Waals surface area contributed by atoms with Crippen LogP contribution in [-0.2, 0) is 15.1 Å². The molecule has 0 aliphatic carbocycles. The molecule has 1 unspecified atom stereocenters. The van der Waals surface area contributed by atoms with E-state index in [4.69, 9.17) is 0 Å². The van der Waals surface area contributed by atoms with Gasteiger partial charge in [-0.25, -0.2) is 4.79 Å². The van der Waals surface area contributed by atoms with E-state index in [2.05, 4.69) is 21.3 Å². The number of halogens is 1. The molecule has 7 nitrogen and oxygen atoms in total. The lowest BCUT2D eigenvalue weighted by Crippen LogP contribution is -2.40. The van der Waals surface area contributed by atoms with Gasteiger partial charge >= 0.3 is 6.03 Å². The summed E-state index contributed by atoms with van der Waals surface area (Å²) in [5, 5.41) is 11.0. The molecule has 4 N–H and O–H groups in total. The second kappa shape index (κ2) is 7.19. The first-order chi connectivity index (χ1) is 11.0. The van der Waals surface area contributed by atoms with Gasteiger partial charge in [0.1, 0.15) is 5.54 Å². The number of hydrogen-bond donors (Lipinski definition) is 4. The Bertz CT molecular complexity index is 660. The van der Waals surface area contributed by atoms with E-state index < -0.39 is 17.5 Å². The minimum Gasteiger partial charge on any atom is -0.326 e. The van der Waals surface area contributed by atoms with Crippen LogP contribution >= 0.6 is 12.4 Å². The summed E-state index contributed by atoms with van der Waals surface area (Å²) in [6.45, 7) is 3.34. The fraction of sp³-hybridized carbons (Fsp3) is 0.438. The van der Waals surface area contributed by atoms with E-state index in [1.807, 2.05) is 0 Å². The van der Waals surface area contributed by atoms with Crippen LogP contribution in [0.2, 0.25) is 0 Å². The summed E-state index contributed by atoms with van der Waals surface area (Å²) in [6.07, 6.45) is 1.64. The van der Waals surface area contributed by atoms with E-state index in [9.17, 15) is 14.4 Å². The number of rotatable bonds is 3. The Balaban J connectivity index is 0.00000208. The molecule has 1 aromatic carbocycles. The third-order valence-corrected chi connectivity index (χ3v) is 4.46. The number of hydrogen-bond acceptors (Lipinski definition) is 4. The van der Waals surface area contributed by atoms with Gasteiger partial charge in [0.2, 0.25) is 5.91 Å². The Labute approximate surface area is 146 Å². The van der Waals surface area contributed by atoms with Gasteiger partial charge in [-0.3, -0.25) is 14.9 Å². The minimum atomic E-state index is -1.12. The van der Waals surface area contributed by atoms with Gasteiger partial charge in [-0.15, -0.1) is 12.4 Å². The third-order valence-electron chi connectivity index (χ3n) is 4.46. The summed E-state index contributed by atoms with van der Waals surface area (Å²) in [5.41, 5.74) is 0.136. The zero-order chi connectivity index (χ0) is 16.4. The van der Waals surface area contributed by atoms with Gasteiger partial charge < -0.3 is 16.0 Å². The number of nitrogens with one attached hydrogen (secondary N) is 4. The quantitative estimate of drug-likeness (QED) is 0.612. The Kier molecular flexibility index (Phi) is 5.46. The van der Waals surface area contributed by atoms with Crippen LogP contribution in [0.25, 0.3) is 0 Å². The molecule has 2 saturated heterocycles. The first-order valence-electron chi connectivity index (χ1n) is 7.75. The van der Waals surface area contributed by atoms with Crippen LogP contribution < -0.4 is 21.3 Å². The van der Waals surface area contributed by atoms with Crippen molar-refractivity contribution in [3.8, 4) is 0 Å². The maximum Gasteiger partial charge on any atom is 0.322 e. The number of imide groups is 1. The largest absolute Gasteiger partial charge is 0.326 e. The van der Waals surface area contributed by atoms with Crippen LogP contribution in [0.5, 0.6) is 0 Å². The molecule has 0 radical (unpaired) electrons. The highest BCUT2D eigenvalue weighted by Gasteiger charge is 2.43. The van der Waals surface area contributed by atoms with Crippen molar-refractivity contribution >= 4 is 35.9 Å². The van der Waals surface area contributed by atoms with Crippen molar-refractivity contribution < 1.29 is 14.4 Å². The molecule has 2 fully saturated rings. The lowest BCUT2D eigenvalue weighted by molar-refractivity contribution is -0.123. The van der Waals surface area contributed by atoms with Crippen molar-refractivity contribution in [2.75, 3.05) is 18.4 Å². The summed E-state index contributed by atoms with van der Waals surface area (Å²) < 4.78 is 0. The number of benzene rings is 1. The summed E-state index contributed by atoms with van der Waals surface area (Å²) in [5.74, 6) is -0.400. The molecule has 4 amide bonds. The molecular formula is C16H21ClN4O3. The Morgan fingerprint density at radius 3 is 2.58 bits per heavy atom. The van der Waals surface area contributed by atoms with E-state index in [0.717, 1.165) is 25.9 Å². The molecule has 0 aromatic heterocycles. The molecule has 0 bridgehead atoms. The Morgan fingerprint density at radius 1 is 1.25 bits per heavy atom. The zero-order valence-electron chi connectivity index (χ0n) is 13.3. The van der Waals surface area contributed by atoms with Crippen molar-refractivity contribution in [1.82, 2.24) is 16.0 Å². The Hall–Kier alpha value is -2.12. The number of amides is 4. The number of anilines is 1. The molecule has 1 aromatic rings. The van der Waals surface area contributed by atoms with Crippen LogP contribution in [0, 0.1) is 5.92 Å². The summed E-state index contributed by atoms with van der Waals surface area (Å²) in [6, 6.07) is 6.51. The fourth-order valence-corrected chi connectivity index (χ4v) is 2.98. The van der Waals surface area contributed by atoms with Gasteiger partial charge in [-0.05, 0) is 50.6 Å². The van der Waals surface area contributed by atoms with Crippen LogP contribution in [0.3, 0.4) is 0 Å². The third kappa shape index (κ3) is 3.52. The van der Waals surface area contributed by atoms with E-state index in [1.165, 1.54) is 0 Å². The average Bonchev–Trinajstić information content (AvgIpc) is 2.82. The Morgan fingerprint density at radius 2 is 1.96 bits per heavy atom. The zero-order valence-corrected chi connectivity index (χ0v) is 14.2. The average molecular weight is 353 g/mol. The monoisotopic (exact) mass is 352 g/mol. The smallest absolute Gasteiger partial charge is 0.322 e. The van der Waals surface area contributed by atoms with Crippen molar-refractivity contribution in [2.24, 2.45) is 5.92 Å². The maximum absolute atomic E-state index is 12.3. The minimum absolute atomic E-state index is 0. The van der Waals surface area contributed by atoms with Crippen LogP contribution in [-0.4, -0.2) is 30.9 Å². The number of piperidine rings is 1.